The molecule has 0 radical (unpaired) electrons. The van der Waals surface area contributed by atoms with Crippen molar-refractivity contribution in [3.05, 3.63) is 64.4 Å². The van der Waals surface area contributed by atoms with E-state index >= 15 is 0 Å². The lowest BCUT2D eigenvalue weighted by Gasteiger charge is -2.22. The van der Waals surface area contributed by atoms with Crippen LogP contribution in [0.3, 0.4) is 0 Å². The highest BCUT2D eigenvalue weighted by Crippen LogP contribution is 2.36. The fraction of sp³-hybridized carbons (Fsp3) is 0.211. The molecule has 1 aliphatic heterocycles. The Bertz CT molecular complexity index is 1030. The largest absolute Gasteiger partial charge is 0.417 e. The van der Waals surface area contributed by atoms with Crippen molar-refractivity contribution >= 4 is 35.1 Å². The minimum absolute atomic E-state index is 0.204. The number of amides is 4. The Morgan fingerprint density at radius 3 is 2.40 bits per heavy atom. The van der Waals surface area contributed by atoms with Crippen molar-refractivity contribution in [3.8, 4) is 0 Å². The first-order valence-electron chi connectivity index (χ1n) is 8.48. The number of halogens is 5. The number of nitrogens with one attached hydrogen (secondary N) is 2. The molecule has 6 nitrogen and oxygen atoms in total. The molecule has 11 heteroatoms. The van der Waals surface area contributed by atoms with E-state index in [1.165, 1.54) is 19.1 Å². The summed E-state index contributed by atoms with van der Waals surface area (Å²) in [6, 6.07) is 6.79. The molecule has 0 aliphatic carbocycles. The van der Waals surface area contributed by atoms with Crippen LogP contribution in [0.25, 0.3) is 0 Å². The van der Waals surface area contributed by atoms with Crippen molar-refractivity contribution in [2.75, 3.05) is 11.9 Å². The van der Waals surface area contributed by atoms with Crippen LogP contribution in [0.5, 0.6) is 0 Å². The van der Waals surface area contributed by atoms with Crippen LogP contribution in [0.1, 0.15) is 18.1 Å². The second kappa shape index (κ2) is 7.60. The lowest BCUT2D eigenvalue weighted by Crippen LogP contribution is -2.42. The van der Waals surface area contributed by atoms with Gasteiger partial charge >= 0.3 is 12.2 Å². The van der Waals surface area contributed by atoms with E-state index < -0.39 is 52.5 Å². The molecule has 2 aromatic carbocycles. The molecule has 2 N–H and O–H groups in total. The molecule has 1 fully saturated rings. The number of nitrogens with zero attached hydrogens (tertiary/aromatic N) is 1. The van der Waals surface area contributed by atoms with Gasteiger partial charge in [0.05, 0.1) is 10.6 Å². The number of urea groups is 1. The molecular formula is C19H14ClF4N3O3. The van der Waals surface area contributed by atoms with Crippen LogP contribution in [-0.2, 0) is 21.3 Å². The number of rotatable bonds is 4. The molecule has 3 rings (SSSR count). The van der Waals surface area contributed by atoms with Gasteiger partial charge in [-0.2, -0.15) is 13.2 Å². The van der Waals surface area contributed by atoms with Crippen molar-refractivity contribution in [2.45, 2.75) is 18.6 Å². The zero-order valence-electron chi connectivity index (χ0n) is 15.3. The van der Waals surface area contributed by atoms with Crippen molar-refractivity contribution in [2.24, 2.45) is 0 Å². The molecule has 1 saturated heterocycles. The van der Waals surface area contributed by atoms with Crippen LogP contribution in [-0.4, -0.2) is 29.3 Å². The van der Waals surface area contributed by atoms with E-state index in [0.29, 0.717) is 16.5 Å². The second-order valence-corrected chi connectivity index (χ2v) is 7.10. The lowest BCUT2D eigenvalue weighted by molar-refractivity contribution is -0.137. The number of hydrogen-bond acceptors (Lipinski definition) is 3. The third kappa shape index (κ3) is 4.09. The van der Waals surface area contributed by atoms with Gasteiger partial charge < -0.3 is 10.6 Å². The third-order valence-corrected chi connectivity index (χ3v) is 4.88. The average molecular weight is 444 g/mol. The Morgan fingerprint density at radius 2 is 1.80 bits per heavy atom. The summed E-state index contributed by atoms with van der Waals surface area (Å²) >= 11 is 5.53. The van der Waals surface area contributed by atoms with Crippen LogP contribution in [0.15, 0.2) is 42.5 Å². The third-order valence-electron chi connectivity index (χ3n) is 4.55. The smallest absolute Gasteiger partial charge is 0.325 e. The van der Waals surface area contributed by atoms with Gasteiger partial charge in [-0.25, -0.2) is 9.18 Å². The van der Waals surface area contributed by atoms with E-state index in [1.807, 2.05) is 0 Å². The Morgan fingerprint density at radius 1 is 1.17 bits per heavy atom. The Hall–Kier alpha value is -3.14. The fourth-order valence-electron chi connectivity index (χ4n) is 2.98. The van der Waals surface area contributed by atoms with Gasteiger partial charge in [-0.3, -0.25) is 14.5 Å². The van der Waals surface area contributed by atoms with Crippen molar-refractivity contribution in [1.82, 2.24) is 10.2 Å². The molecule has 0 saturated carbocycles. The van der Waals surface area contributed by atoms with Crippen LogP contribution in [0.4, 0.5) is 28.0 Å². The van der Waals surface area contributed by atoms with Crippen molar-refractivity contribution in [3.63, 3.8) is 0 Å². The molecule has 1 atom stereocenters. The summed E-state index contributed by atoms with van der Waals surface area (Å²) in [5.74, 6) is -2.19. The fourth-order valence-corrected chi connectivity index (χ4v) is 3.21. The number of imide groups is 1. The molecule has 0 spiro atoms. The van der Waals surface area contributed by atoms with Gasteiger partial charge in [0.15, 0.2) is 0 Å². The standard InChI is InChI=1S/C19H14ClF4N3O3/c1-18(10-2-4-11(21)5-3-10)16(29)27(17(30)26-18)9-15(28)25-12-6-7-14(20)13(8-12)19(22,23)24/h2-8H,9H2,1H3,(H,25,28)(H,26,30). The highest BCUT2D eigenvalue weighted by Gasteiger charge is 2.49. The molecule has 2 aromatic rings. The summed E-state index contributed by atoms with van der Waals surface area (Å²) in [5, 5.41) is 4.11. The van der Waals surface area contributed by atoms with Gasteiger partial charge in [0, 0.05) is 5.69 Å². The SMILES string of the molecule is CC1(c2ccc(F)cc2)NC(=O)N(CC(=O)Nc2ccc(Cl)c(C(F)(F)F)c2)C1=O. The van der Waals surface area contributed by atoms with Gasteiger partial charge in [-0.1, -0.05) is 23.7 Å². The van der Waals surface area contributed by atoms with E-state index in [0.717, 1.165) is 24.3 Å². The number of alkyl halides is 3. The van der Waals surface area contributed by atoms with E-state index in [1.54, 1.807) is 0 Å². The Balaban J connectivity index is 1.75. The average Bonchev–Trinajstić information content (AvgIpc) is 2.87. The van der Waals surface area contributed by atoms with Gasteiger partial charge in [0.25, 0.3) is 5.91 Å². The lowest BCUT2D eigenvalue weighted by atomic mass is 9.92. The highest BCUT2D eigenvalue weighted by molar-refractivity contribution is 6.31. The first-order valence-corrected chi connectivity index (χ1v) is 8.86. The number of anilines is 1. The van der Waals surface area contributed by atoms with Gasteiger partial charge in [0.1, 0.15) is 17.9 Å². The first kappa shape index (κ1) is 21.6. The maximum absolute atomic E-state index is 13.1. The summed E-state index contributed by atoms with van der Waals surface area (Å²) in [4.78, 5) is 37.8. The van der Waals surface area contributed by atoms with E-state index in [4.69, 9.17) is 11.6 Å². The zero-order chi connectivity index (χ0) is 22.3. The quantitative estimate of drug-likeness (QED) is 0.555. The van der Waals surface area contributed by atoms with Crippen molar-refractivity contribution in [1.29, 1.82) is 0 Å². The molecule has 1 heterocycles. The molecule has 30 heavy (non-hydrogen) atoms. The summed E-state index contributed by atoms with van der Waals surface area (Å²) in [6.45, 7) is 0.665. The summed E-state index contributed by atoms with van der Waals surface area (Å²) in [7, 11) is 0. The first-order chi connectivity index (χ1) is 13.9. The number of carbonyl (C=O) groups is 3. The van der Waals surface area contributed by atoms with E-state index in [-0.39, 0.29) is 5.69 Å². The normalized spacial score (nSPS) is 19.1. The van der Waals surface area contributed by atoms with Gasteiger partial charge in [0.2, 0.25) is 5.91 Å². The van der Waals surface area contributed by atoms with Crippen molar-refractivity contribution < 1.29 is 31.9 Å². The molecule has 0 bridgehead atoms. The highest BCUT2D eigenvalue weighted by atomic mass is 35.5. The molecule has 158 valence electrons. The van der Waals surface area contributed by atoms with Gasteiger partial charge in [-0.05, 0) is 42.8 Å². The number of benzene rings is 2. The Kier molecular flexibility index (Phi) is 5.46. The van der Waals surface area contributed by atoms with E-state index in [9.17, 15) is 31.9 Å². The number of hydrogen-bond donors (Lipinski definition) is 2. The summed E-state index contributed by atoms with van der Waals surface area (Å²) < 4.78 is 52.0. The van der Waals surface area contributed by atoms with Crippen LogP contribution in [0, 0.1) is 5.82 Å². The summed E-state index contributed by atoms with van der Waals surface area (Å²) in [6.07, 6.45) is -4.72. The minimum atomic E-state index is -4.72. The molecule has 4 amide bonds. The maximum atomic E-state index is 13.1. The second-order valence-electron chi connectivity index (χ2n) is 6.69. The minimum Gasteiger partial charge on any atom is -0.325 e. The molecule has 1 unspecified atom stereocenters. The van der Waals surface area contributed by atoms with Crippen LogP contribution >= 0.6 is 11.6 Å². The Labute approximate surface area is 172 Å². The van der Waals surface area contributed by atoms with Crippen LogP contribution < -0.4 is 10.6 Å². The molecule has 1 aliphatic rings. The van der Waals surface area contributed by atoms with Gasteiger partial charge in [-0.15, -0.1) is 0 Å². The predicted molar refractivity (Wildman–Crippen MR) is 99.1 cm³/mol. The molecule has 0 aromatic heterocycles. The maximum Gasteiger partial charge on any atom is 0.417 e. The predicted octanol–water partition coefficient (Wildman–Crippen LogP) is 3.90. The van der Waals surface area contributed by atoms with E-state index in [2.05, 4.69) is 10.6 Å². The topological polar surface area (TPSA) is 78.5 Å². The van der Waals surface area contributed by atoms with Crippen LogP contribution in [0.2, 0.25) is 5.02 Å². The molecular weight excluding hydrogens is 430 g/mol. The summed E-state index contributed by atoms with van der Waals surface area (Å²) in [5.41, 5.74) is -2.56. The monoisotopic (exact) mass is 443 g/mol. The number of carbonyl (C=O) groups excluding carboxylic acids is 3. The zero-order valence-corrected chi connectivity index (χ0v) is 16.1.